The van der Waals surface area contributed by atoms with Crippen molar-refractivity contribution in [3.05, 3.63) is 50.9 Å². The van der Waals surface area contributed by atoms with Gasteiger partial charge in [-0.1, -0.05) is 29.8 Å². The first kappa shape index (κ1) is 22.1. The molecular weight excluding hydrogens is 400 g/mol. The Morgan fingerprint density at radius 1 is 1.27 bits per heavy atom. The Morgan fingerprint density at radius 3 is 2.70 bits per heavy atom. The van der Waals surface area contributed by atoms with Gasteiger partial charge in [0.15, 0.2) is 0 Å². The molecule has 3 aromatic rings. The van der Waals surface area contributed by atoms with Crippen molar-refractivity contribution in [3.63, 3.8) is 0 Å². The number of aryl methyl sites for hydroxylation is 2. The van der Waals surface area contributed by atoms with Gasteiger partial charge >= 0.3 is 0 Å². The van der Waals surface area contributed by atoms with E-state index in [1.165, 1.54) is 16.9 Å². The number of H-pyrrole nitrogens is 1. The molecule has 0 radical (unpaired) electrons. The molecule has 7 nitrogen and oxygen atoms in total. The minimum atomic E-state index is -0.146. The molecule has 1 amide bonds. The van der Waals surface area contributed by atoms with Crippen LogP contribution in [0.2, 0.25) is 0 Å². The van der Waals surface area contributed by atoms with Crippen LogP contribution >= 0.6 is 11.3 Å². The van der Waals surface area contributed by atoms with Gasteiger partial charge in [0.1, 0.15) is 10.7 Å². The first-order valence-electron chi connectivity index (χ1n) is 9.92. The van der Waals surface area contributed by atoms with Crippen molar-refractivity contribution < 1.29 is 9.53 Å². The van der Waals surface area contributed by atoms with E-state index in [4.69, 9.17) is 4.74 Å². The highest BCUT2D eigenvalue weighted by Crippen LogP contribution is 2.35. The number of thiophene rings is 1. The number of carbonyl (C=O) groups is 1. The number of rotatable bonds is 9. The quantitative estimate of drug-likeness (QED) is 0.512. The van der Waals surface area contributed by atoms with Crippen molar-refractivity contribution in [1.29, 1.82) is 0 Å². The number of nitrogens with zero attached hydrogens (tertiary/aromatic N) is 2. The summed E-state index contributed by atoms with van der Waals surface area (Å²) in [4.78, 5) is 36.1. The number of hydrogen-bond acceptors (Lipinski definition) is 6. The predicted octanol–water partition coefficient (Wildman–Crippen LogP) is 2.85. The number of hydrogen-bond donors (Lipinski definition) is 2. The fraction of sp³-hybridized carbons (Fsp3) is 0.409. The van der Waals surface area contributed by atoms with E-state index in [1.807, 2.05) is 50.1 Å². The second-order valence-corrected chi connectivity index (χ2v) is 8.66. The van der Waals surface area contributed by atoms with Crippen LogP contribution in [0.1, 0.15) is 22.7 Å². The van der Waals surface area contributed by atoms with E-state index in [0.717, 1.165) is 27.3 Å². The van der Waals surface area contributed by atoms with Crippen molar-refractivity contribution in [2.45, 2.75) is 26.8 Å². The number of ether oxygens (including phenoxy) is 1. The van der Waals surface area contributed by atoms with Crippen LogP contribution in [0.4, 0.5) is 0 Å². The Hall–Kier alpha value is -2.55. The van der Waals surface area contributed by atoms with Crippen LogP contribution in [0.3, 0.4) is 0 Å². The van der Waals surface area contributed by atoms with Gasteiger partial charge in [-0.25, -0.2) is 4.98 Å². The second-order valence-electron chi connectivity index (χ2n) is 7.46. The molecule has 0 saturated heterocycles. The number of aromatic nitrogens is 2. The monoisotopic (exact) mass is 428 g/mol. The van der Waals surface area contributed by atoms with Crippen LogP contribution in [0, 0.1) is 13.8 Å². The average molecular weight is 429 g/mol. The van der Waals surface area contributed by atoms with Crippen LogP contribution in [-0.4, -0.2) is 54.6 Å². The number of methoxy groups -OCH3 is 1. The number of aromatic amines is 1. The molecule has 0 unspecified atom stereocenters. The molecule has 0 aliphatic heterocycles. The standard InChI is InChI=1S/C22H28N4O3S/c1-14-6-8-16(9-7-14)19-15(2)30-22-20(19)21(28)24-17(25-22)12-26(3)13-18(27)23-10-5-11-29-4/h6-9H,5,10-13H2,1-4H3,(H,23,27)(H,24,25,28). The third kappa shape index (κ3) is 5.33. The summed E-state index contributed by atoms with van der Waals surface area (Å²) in [6, 6.07) is 8.17. The molecule has 3 rings (SSSR count). The minimum absolute atomic E-state index is 0.0642. The maximum Gasteiger partial charge on any atom is 0.260 e. The van der Waals surface area contributed by atoms with Gasteiger partial charge in [-0.05, 0) is 32.9 Å². The Balaban J connectivity index is 1.75. The number of fused-ring (bicyclic) bond motifs is 1. The van der Waals surface area contributed by atoms with E-state index in [2.05, 4.69) is 15.3 Å². The summed E-state index contributed by atoms with van der Waals surface area (Å²) in [5.74, 6) is 0.490. The third-order valence-corrected chi connectivity index (χ3v) is 5.81. The molecule has 0 aliphatic carbocycles. The molecule has 30 heavy (non-hydrogen) atoms. The lowest BCUT2D eigenvalue weighted by molar-refractivity contribution is -0.122. The summed E-state index contributed by atoms with van der Waals surface area (Å²) in [5.41, 5.74) is 2.99. The summed E-state index contributed by atoms with van der Waals surface area (Å²) in [6.07, 6.45) is 0.776. The molecule has 0 saturated carbocycles. The summed E-state index contributed by atoms with van der Waals surface area (Å²) < 4.78 is 4.97. The minimum Gasteiger partial charge on any atom is -0.385 e. The maximum absolute atomic E-state index is 12.9. The van der Waals surface area contributed by atoms with Crippen LogP contribution in [0.5, 0.6) is 0 Å². The number of nitrogens with one attached hydrogen (secondary N) is 2. The highest BCUT2D eigenvalue weighted by molar-refractivity contribution is 7.19. The zero-order chi connectivity index (χ0) is 21.7. The van der Waals surface area contributed by atoms with Crippen LogP contribution in [0.25, 0.3) is 21.3 Å². The molecule has 0 bridgehead atoms. The van der Waals surface area contributed by atoms with Crippen molar-refractivity contribution in [1.82, 2.24) is 20.2 Å². The van der Waals surface area contributed by atoms with E-state index >= 15 is 0 Å². The lowest BCUT2D eigenvalue weighted by atomic mass is 10.0. The number of carbonyl (C=O) groups excluding carboxylic acids is 1. The van der Waals surface area contributed by atoms with E-state index in [1.54, 1.807) is 7.11 Å². The smallest absolute Gasteiger partial charge is 0.260 e. The third-order valence-electron chi connectivity index (χ3n) is 4.81. The van der Waals surface area contributed by atoms with Gasteiger partial charge in [0.05, 0.1) is 18.5 Å². The highest BCUT2D eigenvalue weighted by atomic mass is 32.1. The fourth-order valence-corrected chi connectivity index (χ4v) is 4.43. The van der Waals surface area contributed by atoms with Gasteiger partial charge in [-0.15, -0.1) is 11.3 Å². The fourth-order valence-electron chi connectivity index (χ4n) is 3.36. The summed E-state index contributed by atoms with van der Waals surface area (Å²) in [7, 11) is 3.47. The van der Waals surface area contributed by atoms with E-state index in [9.17, 15) is 9.59 Å². The Labute approximate surface area is 180 Å². The lowest BCUT2D eigenvalue weighted by Crippen LogP contribution is -2.36. The molecule has 0 aliphatic rings. The number of likely N-dealkylation sites (N-methyl/N-ethyl adjacent to an activating group) is 1. The van der Waals surface area contributed by atoms with Gasteiger partial charge in [0, 0.05) is 30.7 Å². The van der Waals surface area contributed by atoms with E-state index in [-0.39, 0.29) is 18.0 Å². The Kier molecular flexibility index (Phi) is 7.36. The normalized spacial score (nSPS) is 11.4. The van der Waals surface area contributed by atoms with Gasteiger partial charge in [0.2, 0.25) is 5.91 Å². The molecule has 1 aromatic carbocycles. The molecule has 0 spiro atoms. The van der Waals surface area contributed by atoms with Gasteiger partial charge < -0.3 is 15.0 Å². The predicted molar refractivity (Wildman–Crippen MR) is 121 cm³/mol. The molecule has 2 heterocycles. The van der Waals surface area contributed by atoms with Gasteiger partial charge in [0.25, 0.3) is 5.56 Å². The second kappa shape index (κ2) is 9.97. The van der Waals surface area contributed by atoms with Gasteiger partial charge in [-0.2, -0.15) is 0 Å². The maximum atomic E-state index is 12.9. The van der Waals surface area contributed by atoms with E-state index in [0.29, 0.717) is 30.9 Å². The SMILES string of the molecule is COCCCNC(=O)CN(C)Cc1nc2sc(C)c(-c3ccc(C)cc3)c2c(=O)[nH]1. The van der Waals surface area contributed by atoms with Crippen LogP contribution < -0.4 is 10.9 Å². The Morgan fingerprint density at radius 2 is 2.00 bits per heavy atom. The van der Waals surface area contributed by atoms with Crippen molar-refractivity contribution >= 4 is 27.5 Å². The molecule has 0 atom stereocenters. The van der Waals surface area contributed by atoms with Crippen molar-refractivity contribution in [2.24, 2.45) is 0 Å². The Bertz CT molecular complexity index is 1070. The van der Waals surface area contributed by atoms with Crippen LogP contribution in [0.15, 0.2) is 29.1 Å². The molecule has 2 aromatic heterocycles. The molecule has 160 valence electrons. The molecule has 0 fully saturated rings. The van der Waals surface area contributed by atoms with Crippen molar-refractivity contribution in [3.8, 4) is 11.1 Å². The first-order chi connectivity index (χ1) is 14.4. The molecule has 2 N–H and O–H groups in total. The zero-order valence-electron chi connectivity index (χ0n) is 17.9. The number of benzene rings is 1. The zero-order valence-corrected chi connectivity index (χ0v) is 18.7. The lowest BCUT2D eigenvalue weighted by Gasteiger charge is -2.15. The highest BCUT2D eigenvalue weighted by Gasteiger charge is 2.17. The largest absolute Gasteiger partial charge is 0.385 e. The topological polar surface area (TPSA) is 87.3 Å². The number of amides is 1. The summed E-state index contributed by atoms with van der Waals surface area (Å²) in [5, 5.41) is 3.49. The summed E-state index contributed by atoms with van der Waals surface area (Å²) in [6.45, 7) is 5.87. The molecule has 8 heteroatoms. The summed E-state index contributed by atoms with van der Waals surface area (Å²) >= 11 is 1.52. The van der Waals surface area contributed by atoms with Crippen LogP contribution in [-0.2, 0) is 16.1 Å². The first-order valence-corrected chi connectivity index (χ1v) is 10.7. The van der Waals surface area contributed by atoms with Gasteiger partial charge in [-0.3, -0.25) is 14.5 Å². The van der Waals surface area contributed by atoms with E-state index < -0.39 is 0 Å². The van der Waals surface area contributed by atoms with Crippen molar-refractivity contribution in [2.75, 3.05) is 33.9 Å². The molecular formula is C22H28N4O3S. The average Bonchev–Trinajstić information content (AvgIpc) is 3.02.